The Hall–Kier alpha value is -4.42. The Balaban J connectivity index is 1.38. The SMILES string of the molecule is O=C(NO)c1ccc(C=C(CCOc2cccc3ccccc23)CN2C(=O)Cc3ccccc32)cc1. The summed E-state index contributed by atoms with van der Waals surface area (Å²) in [7, 11) is 0. The minimum absolute atomic E-state index is 0.0760. The van der Waals surface area contributed by atoms with Crippen LogP contribution in [0.25, 0.3) is 16.8 Å². The Labute approximate surface area is 209 Å². The van der Waals surface area contributed by atoms with Gasteiger partial charge in [-0.05, 0) is 46.4 Å². The quantitative estimate of drug-likeness (QED) is 0.263. The number of hydrogen-bond acceptors (Lipinski definition) is 4. The van der Waals surface area contributed by atoms with Crippen LogP contribution in [0.3, 0.4) is 0 Å². The van der Waals surface area contributed by atoms with Crippen LogP contribution in [0.1, 0.15) is 27.9 Å². The van der Waals surface area contributed by atoms with Crippen molar-refractivity contribution in [3.8, 4) is 5.75 Å². The molecule has 180 valence electrons. The highest BCUT2D eigenvalue weighted by atomic mass is 16.5. The van der Waals surface area contributed by atoms with Gasteiger partial charge in [0, 0.05) is 29.6 Å². The predicted octanol–water partition coefficient (Wildman–Crippen LogP) is 5.40. The average molecular weight is 479 g/mol. The number of carbonyl (C=O) groups is 2. The highest BCUT2D eigenvalue weighted by molar-refractivity contribution is 6.01. The molecule has 1 heterocycles. The Morgan fingerprint density at radius 3 is 2.53 bits per heavy atom. The highest BCUT2D eigenvalue weighted by Crippen LogP contribution is 2.30. The molecule has 6 nitrogen and oxygen atoms in total. The zero-order valence-electron chi connectivity index (χ0n) is 19.7. The first-order valence-electron chi connectivity index (χ1n) is 11.8. The van der Waals surface area contributed by atoms with E-state index < -0.39 is 5.91 Å². The Kier molecular flexibility index (Phi) is 6.78. The maximum absolute atomic E-state index is 12.8. The van der Waals surface area contributed by atoms with Crippen LogP contribution in [-0.2, 0) is 11.2 Å². The van der Waals surface area contributed by atoms with Crippen LogP contribution in [0.5, 0.6) is 5.75 Å². The number of ether oxygens (including phenoxy) is 1. The fourth-order valence-electron chi connectivity index (χ4n) is 4.53. The van der Waals surface area contributed by atoms with Gasteiger partial charge in [-0.25, -0.2) is 5.48 Å². The van der Waals surface area contributed by atoms with Crippen LogP contribution in [0.4, 0.5) is 5.69 Å². The number of carbonyl (C=O) groups excluding carboxylic acids is 2. The zero-order chi connectivity index (χ0) is 24.9. The van der Waals surface area contributed by atoms with E-state index in [1.54, 1.807) is 17.6 Å². The summed E-state index contributed by atoms with van der Waals surface area (Å²) in [5.74, 6) is 0.343. The predicted molar refractivity (Wildman–Crippen MR) is 140 cm³/mol. The van der Waals surface area contributed by atoms with Crippen LogP contribution in [-0.4, -0.2) is 30.2 Å². The van der Waals surface area contributed by atoms with Gasteiger partial charge in [-0.15, -0.1) is 0 Å². The molecule has 0 spiro atoms. The second-order valence-corrected chi connectivity index (χ2v) is 8.73. The van der Waals surface area contributed by atoms with E-state index in [-0.39, 0.29) is 5.91 Å². The van der Waals surface area contributed by atoms with E-state index in [0.717, 1.165) is 38.9 Å². The number of benzene rings is 4. The molecule has 0 aromatic heterocycles. The first-order chi connectivity index (χ1) is 17.6. The van der Waals surface area contributed by atoms with E-state index >= 15 is 0 Å². The minimum Gasteiger partial charge on any atom is -0.493 e. The number of anilines is 1. The number of nitrogens with zero attached hydrogens (tertiary/aromatic N) is 1. The molecular formula is C30H26N2O4. The highest BCUT2D eigenvalue weighted by Gasteiger charge is 2.27. The van der Waals surface area contributed by atoms with Crippen molar-refractivity contribution >= 4 is 34.4 Å². The molecule has 2 amide bonds. The van der Waals surface area contributed by atoms with Crippen molar-refractivity contribution < 1.29 is 19.5 Å². The van der Waals surface area contributed by atoms with Gasteiger partial charge in [0.25, 0.3) is 5.91 Å². The first kappa shape index (κ1) is 23.3. The normalized spacial score (nSPS) is 13.1. The third-order valence-electron chi connectivity index (χ3n) is 6.36. The van der Waals surface area contributed by atoms with Crippen molar-refractivity contribution in [1.29, 1.82) is 0 Å². The average Bonchev–Trinajstić information content (AvgIpc) is 3.23. The second-order valence-electron chi connectivity index (χ2n) is 8.73. The molecule has 4 aromatic rings. The van der Waals surface area contributed by atoms with Crippen molar-refractivity contribution in [3.05, 3.63) is 113 Å². The Morgan fingerprint density at radius 2 is 1.69 bits per heavy atom. The molecule has 0 atom stereocenters. The Bertz CT molecular complexity index is 1440. The van der Waals surface area contributed by atoms with Crippen molar-refractivity contribution in [2.24, 2.45) is 0 Å². The molecule has 6 heteroatoms. The standard InChI is InChI=1S/C30H26N2O4/c33-29-19-25-7-2-4-10-27(25)32(29)20-22(18-21-12-14-24(15-13-21)30(34)31-35)16-17-36-28-11-5-8-23-6-1-3-9-26(23)28/h1-15,18,35H,16-17,19-20H2,(H,31,34). The summed E-state index contributed by atoms with van der Waals surface area (Å²) in [5.41, 5.74) is 5.90. The number of fused-ring (bicyclic) bond motifs is 2. The van der Waals surface area contributed by atoms with Crippen LogP contribution in [0, 0.1) is 0 Å². The number of nitrogens with one attached hydrogen (secondary N) is 1. The molecule has 0 saturated heterocycles. The van der Waals surface area contributed by atoms with E-state index in [4.69, 9.17) is 9.94 Å². The summed E-state index contributed by atoms with van der Waals surface area (Å²) in [5, 5.41) is 11.0. The van der Waals surface area contributed by atoms with E-state index in [0.29, 0.717) is 31.6 Å². The topological polar surface area (TPSA) is 78.9 Å². The molecular weight excluding hydrogens is 452 g/mol. The molecule has 1 aliphatic rings. The van der Waals surface area contributed by atoms with Crippen molar-refractivity contribution in [2.75, 3.05) is 18.1 Å². The monoisotopic (exact) mass is 478 g/mol. The van der Waals surface area contributed by atoms with Crippen molar-refractivity contribution in [2.45, 2.75) is 12.8 Å². The third-order valence-corrected chi connectivity index (χ3v) is 6.36. The summed E-state index contributed by atoms with van der Waals surface area (Å²) in [6, 6.07) is 28.9. The maximum atomic E-state index is 12.8. The van der Waals surface area contributed by atoms with E-state index in [2.05, 4.69) is 12.1 Å². The minimum atomic E-state index is -0.562. The maximum Gasteiger partial charge on any atom is 0.274 e. The van der Waals surface area contributed by atoms with Gasteiger partial charge in [0.1, 0.15) is 5.75 Å². The van der Waals surface area contributed by atoms with Crippen LogP contribution < -0.4 is 15.1 Å². The van der Waals surface area contributed by atoms with Gasteiger partial charge in [-0.3, -0.25) is 14.8 Å². The number of para-hydroxylation sites is 1. The number of rotatable bonds is 8. The third kappa shape index (κ3) is 4.99. The van der Waals surface area contributed by atoms with E-state index in [1.165, 1.54) is 0 Å². The molecule has 0 unspecified atom stereocenters. The lowest BCUT2D eigenvalue weighted by atomic mass is 10.1. The van der Waals surface area contributed by atoms with Gasteiger partial charge >= 0.3 is 0 Å². The van der Waals surface area contributed by atoms with Gasteiger partial charge in [-0.2, -0.15) is 0 Å². The summed E-state index contributed by atoms with van der Waals surface area (Å²) in [6.45, 7) is 0.905. The molecule has 0 saturated carbocycles. The molecule has 2 N–H and O–H groups in total. The fraction of sp³-hybridized carbons (Fsp3) is 0.133. The van der Waals surface area contributed by atoms with Gasteiger partial charge in [0.05, 0.1) is 13.0 Å². The molecule has 4 aromatic carbocycles. The van der Waals surface area contributed by atoms with Gasteiger partial charge in [0.15, 0.2) is 0 Å². The summed E-state index contributed by atoms with van der Waals surface area (Å²) >= 11 is 0. The Morgan fingerprint density at radius 1 is 0.944 bits per heavy atom. The molecule has 0 fully saturated rings. The van der Waals surface area contributed by atoms with Gasteiger partial charge in [0.2, 0.25) is 5.91 Å². The lowest BCUT2D eigenvalue weighted by Gasteiger charge is -2.20. The number of hydroxylamine groups is 1. The first-order valence-corrected chi connectivity index (χ1v) is 11.8. The fourth-order valence-corrected chi connectivity index (χ4v) is 4.53. The summed E-state index contributed by atoms with van der Waals surface area (Å²) in [4.78, 5) is 26.3. The lowest BCUT2D eigenvalue weighted by molar-refractivity contribution is -0.117. The summed E-state index contributed by atoms with van der Waals surface area (Å²) in [6.07, 6.45) is 3.05. The molecule has 5 rings (SSSR count). The van der Waals surface area contributed by atoms with Gasteiger partial charge in [-0.1, -0.05) is 72.8 Å². The zero-order valence-corrected chi connectivity index (χ0v) is 19.7. The van der Waals surface area contributed by atoms with Gasteiger partial charge < -0.3 is 9.64 Å². The van der Waals surface area contributed by atoms with Crippen LogP contribution in [0.15, 0.2) is 96.6 Å². The smallest absolute Gasteiger partial charge is 0.274 e. The molecule has 36 heavy (non-hydrogen) atoms. The largest absolute Gasteiger partial charge is 0.493 e. The van der Waals surface area contributed by atoms with Crippen LogP contribution in [0.2, 0.25) is 0 Å². The van der Waals surface area contributed by atoms with Crippen molar-refractivity contribution in [3.63, 3.8) is 0 Å². The van der Waals surface area contributed by atoms with E-state index in [1.807, 2.05) is 77.7 Å². The molecule has 0 aliphatic carbocycles. The number of amides is 2. The molecule has 1 aliphatic heterocycles. The molecule has 0 bridgehead atoms. The second kappa shape index (κ2) is 10.5. The lowest BCUT2D eigenvalue weighted by Crippen LogP contribution is -2.29. The molecule has 0 radical (unpaired) electrons. The van der Waals surface area contributed by atoms with E-state index in [9.17, 15) is 9.59 Å². The summed E-state index contributed by atoms with van der Waals surface area (Å²) < 4.78 is 6.19. The van der Waals surface area contributed by atoms with Crippen molar-refractivity contribution in [1.82, 2.24) is 5.48 Å². The van der Waals surface area contributed by atoms with Crippen LogP contribution >= 0.6 is 0 Å². The number of hydrogen-bond donors (Lipinski definition) is 2.